The van der Waals surface area contributed by atoms with Crippen molar-refractivity contribution in [2.24, 2.45) is 7.05 Å². The van der Waals surface area contributed by atoms with Crippen molar-refractivity contribution in [3.63, 3.8) is 0 Å². The zero-order valence-electron chi connectivity index (χ0n) is 16.9. The topological polar surface area (TPSA) is 93.0 Å². The molecule has 8 heteroatoms. The van der Waals surface area contributed by atoms with Gasteiger partial charge in [0.2, 0.25) is 0 Å². The minimum absolute atomic E-state index is 0.0381. The molecule has 1 aliphatic rings. The van der Waals surface area contributed by atoms with Crippen LogP contribution in [-0.4, -0.2) is 43.0 Å². The van der Waals surface area contributed by atoms with Gasteiger partial charge in [0.1, 0.15) is 11.5 Å². The summed E-state index contributed by atoms with van der Waals surface area (Å²) in [6, 6.07) is 9.51. The molecule has 3 heterocycles. The number of para-hydroxylation sites is 2. The first-order valence-corrected chi connectivity index (χ1v) is 9.93. The van der Waals surface area contributed by atoms with Gasteiger partial charge in [0.15, 0.2) is 0 Å². The van der Waals surface area contributed by atoms with Crippen LogP contribution >= 0.6 is 0 Å². The first kappa shape index (κ1) is 19.2. The number of aromatic nitrogens is 4. The van der Waals surface area contributed by atoms with Crippen LogP contribution in [0.15, 0.2) is 39.9 Å². The standard InChI is InChI=1S/C21H25N5O3/c1-13(2)26-17-9-5-4-8-15(17)22-19(26)14-7-6-10-25(12-14)20(28)16-11-18(27)24(3)21(29)23-16/h4-5,8-9,11,13-14H,6-7,10,12H2,1-3H3,(H,23,29)/t14-/m1/s1. The van der Waals surface area contributed by atoms with E-state index >= 15 is 0 Å². The molecular formula is C21H25N5O3. The van der Waals surface area contributed by atoms with Crippen LogP contribution in [0.5, 0.6) is 0 Å². The number of likely N-dealkylation sites (tertiary alicyclic amines) is 1. The van der Waals surface area contributed by atoms with E-state index in [0.717, 1.165) is 34.3 Å². The smallest absolute Gasteiger partial charge is 0.328 e. The number of carbonyl (C=O) groups excluding carboxylic acids is 1. The van der Waals surface area contributed by atoms with Crippen LogP contribution in [0, 0.1) is 0 Å². The van der Waals surface area contributed by atoms with Gasteiger partial charge in [-0.15, -0.1) is 0 Å². The Kier molecular flexibility index (Phi) is 4.86. The highest BCUT2D eigenvalue weighted by molar-refractivity contribution is 5.92. The second-order valence-corrected chi connectivity index (χ2v) is 7.90. The molecule has 1 saturated heterocycles. The minimum Gasteiger partial charge on any atom is -0.337 e. The molecule has 0 saturated carbocycles. The number of imidazole rings is 1. The number of nitrogens with one attached hydrogen (secondary N) is 1. The Morgan fingerprint density at radius 2 is 2.00 bits per heavy atom. The minimum atomic E-state index is -0.587. The molecule has 29 heavy (non-hydrogen) atoms. The summed E-state index contributed by atoms with van der Waals surface area (Å²) in [7, 11) is 1.38. The van der Waals surface area contributed by atoms with Crippen LogP contribution in [0.3, 0.4) is 0 Å². The van der Waals surface area contributed by atoms with E-state index in [1.165, 1.54) is 13.1 Å². The van der Waals surface area contributed by atoms with Gasteiger partial charge in [-0.3, -0.25) is 14.2 Å². The molecule has 1 aliphatic heterocycles. The van der Waals surface area contributed by atoms with Gasteiger partial charge >= 0.3 is 5.69 Å². The summed E-state index contributed by atoms with van der Waals surface area (Å²) < 4.78 is 3.19. The Labute approximate surface area is 167 Å². The van der Waals surface area contributed by atoms with Crippen molar-refractivity contribution in [1.29, 1.82) is 0 Å². The number of H-pyrrole nitrogens is 1. The molecule has 0 aliphatic carbocycles. The Morgan fingerprint density at radius 1 is 1.24 bits per heavy atom. The summed E-state index contributed by atoms with van der Waals surface area (Å²) in [4.78, 5) is 45.9. The lowest BCUT2D eigenvalue weighted by atomic mass is 9.96. The first-order valence-electron chi connectivity index (χ1n) is 9.93. The summed E-state index contributed by atoms with van der Waals surface area (Å²) in [5.74, 6) is 0.758. The van der Waals surface area contributed by atoms with Crippen LogP contribution in [0.1, 0.15) is 55.0 Å². The fraction of sp³-hybridized carbons (Fsp3) is 0.429. The molecule has 1 N–H and O–H groups in total. The summed E-state index contributed by atoms with van der Waals surface area (Å²) >= 11 is 0. The van der Waals surface area contributed by atoms with E-state index in [4.69, 9.17) is 4.98 Å². The van der Waals surface area contributed by atoms with Gasteiger partial charge in [-0.1, -0.05) is 12.1 Å². The van der Waals surface area contributed by atoms with E-state index in [-0.39, 0.29) is 23.6 Å². The number of piperidine rings is 1. The van der Waals surface area contributed by atoms with Crippen molar-refractivity contribution < 1.29 is 4.79 Å². The van der Waals surface area contributed by atoms with Gasteiger partial charge in [-0.05, 0) is 38.8 Å². The fourth-order valence-corrected chi connectivity index (χ4v) is 4.11. The van der Waals surface area contributed by atoms with Gasteiger partial charge < -0.3 is 14.5 Å². The number of benzene rings is 1. The molecule has 8 nitrogen and oxygen atoms in total. The van der Waals surface area contributed by atoms with Crippen molar-refractivity contribution in [2.45, 2.75) is 38.6 Å². The number of nitrogens with zero attached hydrogens (tertiary/aromatic N) is 4. The average molecular weight is 395 g/mol. The Hall–Kier alpha value is -3.16. The third-order valence-electron chi connectivity index (χ3n) is 5.59. The third kappa shape index (κ3) is 3.39. The molecular weight excluding hydrogens is 370 g/mol. The predicted octanol–water partition coefficient (Wildman–Crippen LogP) is 2.02. The Morgan fingerprint density at radius 3 is 2.72 bits per heavy atom. The van der Waals surface area contributed by atoms with Crippen molar-refractivity contribution in [3.8, 4) is 0 Å². The molecule has 2 aromatic heterocycles. The lowest BCUT2D eigenvalue weighted by Gasteiger charge is -2.33. The average Bonchev–Trinajstić information content (AvgIpc) is 3.11. The van der Waals surface area contributed by atoms with Crippen LogP contribution in [-0.2, 0) is 7.05 Å². The first-order chi connectivity index (χ1) is 13.9. The zero-order valence-corrected chi connectivity index (χ0v) is 16.9. The Balaban J connectivity index is 1.67. The predicted molar refractivity (Wildman–Crippen MR) is 110 cm³/mol. The van der Waals surface area contributed by atoms with E-state index in [0.29, 0.717) is 13.1 Å². The number of hydrogen-bond donors (Lipinski definition) is 1. The monoisotopic (exact) mass is 395 g/mol. The lowest BCUT2D eigenvalue weighted by molar-refractivity contribution is 0.0696. The SMILES string of the molecule is CC(C)n1c([C@@H]2CCCN(C(=O)c3cc(=O)n(C)c(=O)[nH]3)C2)nc2ccccc21. The van der Waals surface area contributed by atoms with E-state index < -0.39 is 11.2 Å². The maximum atomic E-state index is 13.0. The summed E-state index contributed by atoms with van der Waals surface area (Å²) in [5.41, 5.74) is 1.01. The number of hydrogen-bond acceptors (Lipinski definition) is 4. The summed E-state index contributed by atoms with van der Waals surface area (Å²) in [6.45, 7) is 5.36. The number of amides is 1. The quantitative estimate of drug-likeness (QED) is 0.734. The molecule has 1 fully saturated rings. The van der Waals surface area contributed by atoms with Crippen LogP contribution in [0.2, 0.25) is 0 Å². The van der Waals surface area contributed by atoms with Gasteiger partial charge in [0.25, 0.3) is 11.5 Å². The van der Waals surface area contributed by atoms with Crippen molar-refractivity contribution in [1.82, 2.24) is 24.0 Å². The molecule has 3 aromatic rings. The maximum absolute atomic E-state index is 13.0. The molecule has 152 valence electrons. The largest absolute Gasteiger partial charge is 0.337 e. The van der Waals surface area contributed by atoms with Gasteiger partial charge in [-0.2, -0.15) is 0 Å². The van der Waals surface area contributed by atoms with Gasteiger partial charge in [0, 0.05) is 38.2 Å². The molecule has 4 rings (SSSR count). The summed E-state index contributed by atoms with van der Waals surface area (Å²) in [5, 5.41) is 0. The molecule has 0 unspecified atom stereocenters. The van der Waals surface area contributed by atoms with Crippen LogP contribution in [0.4, 0.5) is 0 Å². The molecule has 1 aromatic carbocycles. The molecule has 0 radical (unpaired) electrons. The summed E-state index contributed by atoms with van der Waals surface area (Å²) in [6.07, 6.45) is 1.78. The molecule has 1 amide bonds. The Bertz CT molecular complexity index is 1160. The highest BCUT2D eigenvalue weighted by Crippen LogP contribution is 2.31. The second-order valence-electron chi connectivity index (χ2n) is 7.90. The van der Waals surface area contributed by atoms with Gasteiger partial charge in [0.05, 0.1) is 11.0 Å². The van der Waals surface area contributed by atoms with Crippen molar-refractivity contribution in [2.75, 3.05) is 13.1 Å². The third-order valence-corrected chi connectivity index (χ3v) is 5.59. The van der Waals surface area contributed by atoms with Gasteiger partial charge in [-0.25, -0.2) is 9.78 Å². The molecule has 1 atom stereocenters. The van der Waals surface area contributed by atoms with Crippen molar-refractivity contribution in [3.05, 3.63) is 62.7 Å². The molecule has 0 spiro atoms. The van der Waals surface area contributed by atoms with E-state index in [9.17, 15) is 14.4 Å². The van der Waals surface area contributed by atoms with Crippen LogP contribution < -0.4 is 11.2 Å². The molecule has 0 bridgehead atoms. The van der Waals surface area contributed by atoms with Crippen molar-refractivity contribution >= 4 is 16.9 Å². The fourth-order valence-electron chi connectivity index (χ4n) is 4.11. The lowest BCUT2D eigenvalue weighted by Crippen LogP contribution is -2.42. The number of aromatic amines is 1. The second kappa shape index (κ2) is 7.35. The van der Waals surface area contributed by atoms with E-state index in [1.54, 1.807) is 4.90 Å². The number of fused-ring (bicyclic) bond motifs is 1. The highest BCUT2D eigenvalue weighted by atomic mass is 16.2. The maximum Gasteiger partial charge on any atom is 0.328 e. The number of rotatable bonds is 3. The number of carbonyl (C=O) groups is 1. The van der Waals surface area contributed by atoms with E-state index in [1.807, 2.05) is 18.2 Å². The highest BCUT2D eigenvalue weighted by Gasteiger charge is 2.30. The van der Waals surface area contributed by atoms with E-state index in [2.05, 4.69) is 29.5 Å². The zero-order chi connectivity index (χ0) is 20.7. The van der Waals surface area contributed by atoms with Crippen LogP contribution in [0.25, 0.3) is 11.0 Å². The normalized spacial score (nSPS) is 17.2.